The molecule has 0 rings (SSSR count). The molecule has 76 valence electrons. The molecule has 0 aromatic heterocycles. The monoisotopic (exact) mass is 182 g/mol. The van der Waals surface area contributed by atoms with Gasteiger partial charge < -0.3 is 0 Å². The van der Waals surface area contributed by atoms with Crippen LogP contribution >= 0.6 is 0 Å². The summed E-state index contributed by atoms with van der Waals surface area (Å²) in [5.41, 5.74) is 3.25. The van der Waals surface area contributed by atoms with Crippen LogP contribution in [-0.4, -0.2) is 25.1 Å². The third-order valence-electron chi connectivity index (χ3n) is 1.81. The quantitative estimate of drug-likeness (QED) is 0.352. The Morgan fingerprint density at radius 3 is 2.77 bits per heavy atom. The number of rotatable bonds is 8. The summed E-state index contributed by atoms with van der Waals surface area (Å²) >= 11 is 0. The fourth-order valence-corrected chi connectivity index (χ4v) is 1.15. The third kappa shape index (κ3) is 9.31. The van der Waals surface area contributed by atoms with Crippen molar-refractivity contribution >= 4 is 0 Å². The van der Waals surface area contributed by atoms with Gasteiger partial charge in [0.15, 0.2) is 0 Å². The van der Waals surface area contributed by atoms with Crippen molar-refractivity contribution in [2.75, 3.05) is 20.1 Å². The van der Waals surface area contributed by atoms with E-state index in [1.165, 1.54) is 12.8 Å². The zero-order valence-corrected chi connectivity index (χ0v) is 8.92. The Hall–Kier alpha value is -0.600. The number of unbranched alkanes of at least 4 members (excludes halogenated alkanes) is 2. The summed E-state index contributed by atoms with van der Waals surface area (Å²) in [5, 5.41) is 2.15. The molecule has 0 bridgehead atoms. The van der Waals surface area contributed by atoms with E-state index in [4.69, 9.17) is 0 Å². The van der Waals surface area contributed by atoms with E-state index in [1.54, 1.807) is 0 Å². The molecule has 2 heteroatoms. The van der Waals surface area contributed by atoms with E-state index in [-0.39, 0.29) is 0 Å². The molecule has 0 saturated heterocycles. The van der Waals surface area contributed by atoms with E-state index in [1.807, 2.05) is 12.2 Å². The number of hydrogen-bond acceptors (Lipinski definition) is 2. The highest BCUT2D eigenvalue weighted by Crippen LogP contribution is 1.97. The SMILES string of the molecule is C=CC=CCCCCN(C)NCC. The Bertz CT molecular complexity index is 141. The van der Waals surface area contributed by atoms with Gasteiger partial charge in [-0.1, -0.05) is 31.7 Å². The van der Waals surface area contributed by atoms with E-state index in [2.05, 4.69) is 37.1 Å². The molecule has 0 aromatic carbocycles. The standard InChI is InChI=1S/C11H22N2/c1-4-6-7-8-9-10-11-13(3)12-5-2/h4,6-7,12H,1,5,8-11H2,2-3H3. The van der Waals surface area contributed by atoms with Crippen LogP contribution in [0.5, 0.6) is 0 Å². The van der Waals surface area contributed by atoms with Crippen molar-refractivity contribution in [3.05, 3.63) is 24.8 Å². The third-order valence-corrected chi connectivity index (χ3v) is 1.81. The van der Waals surface area contributed by atoms with E-state index in [9.17, 15) is 0 Å². The lowest BCUT2D eigenvalue weighted by Crippen LogP contribution is -2.34. The van der Waals surface area contributed by atoms with E-state index in [0.29, 0.717) is 0 Å². The van der Waals surface area contributed by atoms with E-state index < -0.39 is 0 Å². The molecule has 0 spiro atoms. The minimum absolute atomic E-state index is 1.01. The largest absolute Gasteiger partial charge is 0.256 e. The van der Waals surface area contributed by atoms with Crippen molar-refractivity contribution in [1.29, 1.82) is 0 Å². The zero-order chi connectivity index (χ0) is 9.94. The number of hydrazine groups is 1. The fraction of sp³-hybridized carbons (Fsp3) is 0.636. The predicted molar refractivity (Wildman–Crippen MR) is 59.5 cm³/mol. The molecule has 0 heterocycles. The summed E-state index contributed by atoms with van der Waals surface area (Å²) in [5.74, 6) is 0. The number of allylic oxidation sites excluding steroid dienone is 3. The molecule has 0 saturated carbocycles. The highest BCUT2D eigenvalue weighted by Gasteiger charge is 1.93. The first-order chi connectivity index (χ1) is 6.31. The number of nitrogens with one attached hydrogen (secondary N) is 1. The Kier molecular flexibility index (Phi) is 9.05. The van der Waals surface area contributed by atoms with Crippen LogP contribution < -0.4 is 5.43 Å². The van der Waals surface area contributed by atoms with Crippen LogP contribution in [0.15, 0.2) is 24.8 Å². The van der Waals surface area contributed by atoms with Crippen LogP contribution in [0.2, 0.25) is 0 Å². The molecule has 1 N–H and O–H groups in total. The van der Waals surface area contributed by atoms with E-state index >= 15 is 0 Å². The minimum Gasteiger partial charge on any atom is -0.256 e. The van der Waals surface area contributed by atoms with Crippen LogP contribution in [0.4, 0.5) is 0 Å². The Labute approximate surface area is 82.3 Å². The Balaban J connectivity index is 3.15. The van der Waals surface area contributed by atoms with Gasteiger partial charge in [0.1, 0.15) is 0 Å². The first-order valence-corrected chi connectivity index (χ1v) is 5.03. The van der Waals surface area contributed by atoms with Crippen molar-refractivity contribution in [1.82, 2.24) is 10.4 Å². The molecular weight excluding hydrogens is 160 g/mol. The van der Waals surface area contributed by atoms with Crippen LogP contribution in [-0.2, 0) is 0 Å². The van der Waals surface area contributed by atoms with Crippen LogP contribution in [0.1, 0.15) is 26.2 Å². The molecular formula is C11H22N2. The second-order valence-electron chi connectivity index (χ2n) is 3.09. The number of hydrogen-bond donors (Lipinski definition) is 1. The first kappa shape index (κ1) is 12.4. The van der Waals surface area contributed by atoms with Crippen molar-refractivity contribution in [2.24, 2.45) is 0 Å². The fourth-order valence-electron chi connectivity index (χ4n) is 1.15. The lowest BCUT2D eigenvalue weighted by Gasteiger charge is -2.15. The molecule has 2 nitrogen and oxygen atoms in total. The smallest absolute Gasteiger partial charge is 0.0127 e. The van der Waals surface area contributed by atoms with E-state index in [0.717, 1.165) is 19.5 Å². The molecule has 0 aromatic rings. The van der Waals surface area contributed by atoms with Gasteiger partial charge in [-0.05, 0) is 19.3 Å². The molecule has 0 atom stereocenters. The average Bonchev–Trinajstić information content (AvgIpc) is 2.11. The summed E-state index contributed by atoms with van der Waals surface area (Å²) in [6.45, 7) is 7.87. The highest BCUT2D eigenvalue weighted by atomic mass is 15.5. The zero-order valence-electron chi connectivity index (χ0n) is 8.92. The van der Waals surface area contributed by atoms with Gasteiger partial charge in [0.05, 0.1) is 0 Å². The molecule has 0 aliphatic rings. The van der Waals surface area contributed by atoms with Gasteiger partial charge in [0.25, 0.3) is 0 Å². The Morgan fingerprint density at radius 2 is 2.15 bits per heavy atom. The first-order valence-electron chi connectivity index (χ1n) is 5.03. The normalized spacial score (nSPS) is 11.3. The summed E-state index contributed by atoms with van der Waals surface area (Å²) in [6, 6.07) is 0. The van der Waals surface area contributed by atoms with Crippen molar-refractivity contribution in [3.63, 3.8) is 0 Å². The van der Waals surface area contributed by atoms with Gasteiger partial charge in [-0.2, -0.15) is 0 Å². The molecule has 0 amide bonds. The van der Waals surface area contributed by atoms with Crippen molar-refractivity contribution in [2.45, 2.75) is 26.2 Å². The summed E-state index contributed by atoms with van der Waals surface area (Å²) in [4.78, 5) is 0. The van der Waals surface area contributed by atoms with Crippen LogP contribution in [0.25, 0.3) is 0 Å². The second-order valence-corrected chi connectivity index (χ2v) is 3.09. The summed E-state index contributed by atoms with van der Waals surface area (Å²) < 4.78 is 0. The molecule has 0 radical (unpaired) electrons. The molecule has 0 aliphatic carbocycles. The van der Waals surface area contributed by atoms with Crippen molar-refractivity contribution < 1.29 is 0 Å². The van der Waals surface area contributed by atoms with Crippen LogP contribution in [0.3, 0.4) is 0 Å². The average molecular weight is 182 g/mol. The van der Waals surface area contributed by atoms with Gasteiger partial charge in [0.2, 0.25) is 0 Å². The van der Waals surface area contributed by atoms with Gasteiger partial charge >= 0.3 is 0 Å². The summed E-state index contributed by atoms with van der Waals surface area (Å²) in [6.07, 6.45) is 9.65. The Morgan fingerprint density at radius 1 is 1.38 bits per heavy atom. The topological polar surface area (TPSA) is 15.3 Å². The highest BCUT2D eigenvalue weighted by molar-refractivity contribution is 4.96. The van der Waals surface area contributed by atoms with Gasteiger partial charge in [-0.3, -0.25) is 5.43 Å². The molecule has 13 heavy (non-hydrogen) atoms. The summed E-state index contributed by atoms with van der Waals surface area (Å²) in [7, 11) is 2.09. The predicted octanol–water partition coefficient (Wildman–Crippen LogP) is 2.36. The minimum atomic E-state index is 1.01. The van der Waals surface area contributed by atoms with Gasteiger partial charge in [-0.25, -0.2) is 5.01 Å². The van der Waals surface area contributed by atoms with Crippen LogP contribution in [0, 0.1) is 0 Å². The lowest BCUT2D eigenvalue weighted by molar-refractivity contribution is 0.237. The maximum absolute atomic E-state index is 3.63. The lowest BCUT2D eigenvalue weighted by atomic mass is 10.2. The van der Waals surface area contributed by atoms with Gasteiger partial charge in [0, 0.05) is 20.1 Å². The maximum atomic E-state index is 3.63. The van der Waals surface area contributed by atoms with Crippen molar-refractivity contribution in [3.8, 4) is 0 Å². The molecule has 0 fully saturated rings. The molecule has 0 aliphatic heterocycles. The number of nitrogens with zero attached hydrogens (tertiary/aromatic N) is 1. The second kappa shape index (κ2) is 9.49. The van der Waals surface area contributed by atoms with Gasteiger partial charge in [-0.15, -0.1) is 0 Å². The molecule has 0 unspecified atom stereocenters. The maximum Gasteiger partial charge on any atom is 0.0127 e.